The van der Waals surface area contributed by atoms with Gasteiger partial charge in [0, 0.05) is 7.05 Å². The van der Waals surface area contributed by atoms with Gasteiger partial charge in [0.1, 0.15) is 11.6 Å². The molecule has 0 N–H and O–H groups in total. The first-order valence-electron chi connectivity index (χ1n) is 8.33. The molecule has 3 rings (SSSR count). The Morgan fingerprint density at radius 2 is 1.79 bits per heavy atom. The number of hydrogen-bond acceptors (Lipinski definition) is 5. The molecule has 2 aromatic carbocycles. The van der Waals surface area contributed by atoms with Crippen molar-refractivity contribution in [2.45, 2.75) is 26.1 Å². The zero-order chi connectivity index (χ0) is 20.5. The van der Waals surface area contributed by atoms with Crippen LogP contribution < -0.4 is 9.64 Å². The predicted octanol–water partition coefficient (Wildman–Crippen LogP) is 4.38. The van der Waals surface area contributed by atoms with Gasteiger partial charge in [-0.05, 0) is 54.6 Å². The Hall–Kier alpha value is -3.17. The van der Waals surface area contributed by atoms with Crippen molar-refractivity contribution < 1.29 is 22.3 Å². The van der Waals surface area contributed by atoms with Crippen molar-refractivity contribution in [3.8, 4) is 11.4 Å². The first kappa shape index (κ1) is 19.6. The van der Waals surface area contributed by atoms with E-state index in [1.54, 1.807) is 25.2 Å². The van der Waals surface area contributed by atoms with Gasteiger partial charge in [0.25, 0.3) is 5.82 Å². The normalized spacial score (nSPS) is 11.7. The maximum Gasteiger partial charge on any atom is 0.453 e. The van der Waals surface area contributed by atoms with E-state index < -0.39 is 17.8 Å². The smallest absolute Gasteiger partial charge is 0.453 e. The molecule has 6 nitrogen and oxygen atoms in total. The molecule has 0 atom stereocenters. The molecule has 0 unspecified atom stereocenters. The van der Waals surface area contributed by atoms with Gasteiger partial charge in [0.15, 0.2) is 0 Å². The molecule has 1 heterocycles. The third kappa shape index (κ3) is 3.90. The second-order valence-corrected chi connectivity index (χ2v) is 6.24. The van der Waals surface area contributed by atoms with Crippen molar-refractivity contribution in [1.29, 1.82) is 0 Å². The monoisotopic (exact) mass is 395 g/mol. The quantitative estimate of drug-likeness (QED) is 0.601. The van der Waals surface area contributed by atoms with Crippen LogP contribution in [0.15, 0.2) is 42.5 Å². The molecule has 0 saturated carbocycles. The zero-order valence-corrected chi connectivity index (χ0v) is 15.3. The minimum Gasteiger partial charge on any atom is -0.489 e. The van der Waals surface area contributed by atoms with E-state index >= 15 is 0 Å². The summed E-state index contributed by atoms with van der Waals surface area (Å²) < 4.78 is 60.0. The van der Waals surface area contributed by atoms with E-state index in [1.807, 2.05) is 13.8 Å². The second-order valence-electron chi connectivity index (χ2n) is 6.24. The highest BCUT2D eigenvalue weighted by atomic mass is 19.4. The molecule has 0 aliphatic carbocycles. The average molecular weight is 395 g/mol. The number of benzene rings is 2. The van der Waals surface area contributed by atoms with Gasteiger partial charge in [0.2, 0.25) is 0 Å². The molecule has 0 bridgehead atoms. The van der Waals surface area contributed by atoms with Crippen LogP contribution in [0.3, 0.4) is 0 Å². The summed E-state index contributed by atoms with van der Waals surface area (Å²) in [6.07, 6.45) is -4.92. The molecule has 0 amide bonds. The third-order valence-electron chi connectivity index (χ3n) is 3.85. The fraction of sp³-hybridized carbons (Fsp3) is 0.278. The first-order valence-corrected chi connectivity index (χ1v) is 8.33. The molecule has 148 valence electrons. The topological polar surface area (TPSA) is 56.1 Å². The van der Waals surface area contributed by atoms with E-state index in [0.29, 0.717) is 16.1 Å². The van der Waals surface area contributed by atoms with Crippen molar-refractivity contribution in [2.75, 3.05) is 11.9 Å². The maximum atomic E-state index is 14.2. The average Bonchev–Trinajstić information content (AvgIpc) is 3.12. The number of ether oxygens (including phenoxy) is 1. The molecule has 0 saturated heterocycles. The van der Waals surface area contributed by atoms with Gasteiger partial charge < -0.3 is 9.64 Å². The SMILES string of the molecule is CC(C)Oc1ccc(-n2nnnc2C(F)(F)F)cc1N(C)c1ccccc1F. The molecule has 10 heteroatoms. The van der Waals surface area contributed by atoms with Gasteiger partial charge in [-0.2, -0.15) is 17.9 Å². The Morgan fingerprint density at radius 1 is 1.07 bits per heavy atom. The summed E-state index contributed by atoms with van der Waals surface area (Å²) in [6, 6.07) is 10.4. The van der Waals surface area contributed by atoms with Crippen LogP contribution in [0.4, 0.5) is 28.9 Å². The highest BCUT2D eigenvalue weighted by Gasteiger charge is 2.38. The second kappa shape index (κ2) is 7.45. The fourth-order valence-corrected chi connectivity index (χ4v) is 2.64. The summed E-state index contributed by atoms with van der Waals surface area (Å²) in [4.78, 5) is 1.49. The highest BCUT2D eigenvalue weighted by molar-refractivity contribution is 5.71. The van der Waals surface area contributed by atoms with Crippen LogP contribution in [0.25, 0.3) is 5.69 Å². The fourth-order valence-electron chi connectivity index (χ4n) is 2.64. The Bertz CT molecular complexity index is 971. The van der Waals surface area contributed by atoms with Crippen molar-refractivity contribution in [3.05, 3.63) is 54.1 Å². The van der Waals surface area contributed by atoms with E-state index in [2.05, 4.69) is 15.5 Å². The lowest BCUT2D eigenvalue weighted by atomic mass is 10.2. The van der Waals surface area contributed by atoms with Crippen molar-refractivity contribution in [1.82, 2.24) is 20.2 Å². The molecule has 0 fully saturated rings. The number of alkyl halides is 3. The number of anilines is 2. The van der Waals surface area contributed by atoms with Crippen LogP contribution in [0.5, 0.6) is 5.75 Å². The minimum atomic E-state index is -4.73. The molecule has 3 aromatic rings. The Balaban J connectivity index is 2.13. The Kier molecular flexibility index (Phi) is 5.21. The molecular weight excluding hydrogens is 378 g/mol. The van der Waals surface area contributed by atoms with Crippen LogP contribution >= 0.6 is 0 Å². The minimum absolute atomic E-state index is 0.0617. The lowest BCUT2D eigenvalue weighted by Crippen LogP contribution is -2.17. The van der Waals surface area contributed by atoms with Crippen LogP contribution in [0.2, 0.25) is 0 Å². The summed E-state index contributed by atoms with van der Waals surface area (Å²) in [6.45, 7) is 3.62. The molecule has 0 spiro atoms. The number of halogens is 4. The van der Waals surface area contributed by atoms with Gasteiger partial charge in [-0.3, -0.25) is 0 Å². The molecule has 28 heavy (non-hydrogen) atoms. The Labute approximate surface area is 158 Å². The van der Waals surface area contributed by atoms with Gasteiger partial charge in [0.05, 0.1) is 23.2 Å². The summed E-state index contributed by atoms with van der Waals surface area (Å²) in [5.74, 6) is -1.36. The molecule has 1 aromatic heterocycles. The van der Waals surface area contributed by atoms with E-state index in [1.165, 1.54) is 29.2 Å². The number of hydrogen-bond donors (Lipinski definition) is 0. The zero-order valence-electron chi connectivity index (χ0n) is 15.3. The van der Waals surface area contributed by atoms with E-state index in [4.69, 9.17) is 4.74 Å². The van der Waals surface area contributed by atoms with E-state index in [-0.39, 0.29) is 17.5 Å². The predicted molar refractivity (Wildman–Crippen MR) is 94.4 cm³/mol. The number of aromatic nitrogens is 4. The number of para-hydroxylation sites is 1. The van der Waals surface area contributed by atoms with Gasteiger partial charge in [-0.25, -0.2) is 4.39 Å². The molecule has 0 radical (unpaired) electrons. The van der Waals surface area contributed by atoms with Crippen LogP contribution in [-0.2, 0) is 6.18 Å². The van der Waals surface area contributed by atoms with Gasteiger partial charge in [-0.1, -0.05) is 12.1 Å². The van der Waals surface area contributed by atoms with Crippen molar-refractivity contribution in [2.24, 2.45) is 0 Å². The van der Waals surface area contributed by atoms with E-state index in [0.717, 1.165) is 0 Å². The van der Waals surface area contributed by atoms with Crippen LogP contribution in [0.1, 0.15) is 19.7 Å². The highest BCUT2D eigenvalue weighted by Crippen LogP contribution is 2.37. The number of rotatable bonds is 5. The van der Waals surface area contributed by atoms with Crippen molar-refractivity contribution in [3.63, 3.8) is 0 Å². The number of tetrazole rings is 1. The van der Waals surface area contributed by atoms with E-state index in [9.17, 15) is 17.6 Å². The van der Waals surface area contributed by atoms with Gasteiger partial charge in [-0.15, -0.1) is 5.10 Å². The summed E-state index contributed by atoms with van der Waals surface area (Å²) in [5, 5.41) is 9.61. The largest absolute Gasteiger partial charge is 0.489 e. The lowest BCUT2D eigenvalue weighted by molar-refractivity contribution is -0.146. The summed E-state index contributed by atoms with van der Waals surface area (Å²) in [5.41, 5.74) is 0.660. The summed E-state index contributed by atoms with van der Waals surface area (Å²) >= 11 is 0. The lowest BCUT2D eigenvalue weighted by Gasteiger charge is -2.24. The molecular formula is C18H17F4N5O. The first-order chi connectivity index (χ1) is 13.2. The van der Waals surface area contributed by atoms with Crippen molar-refractivity contribution >= 4 is 11.4 Å². The van der Waals surface area contributed by atoms with Crippen LogP contribution in [-0.4, -0.2) is 33.4 Å². The molecule has 0 aliphatic heterocycles. The number of nitrogens with zero attached hydrogens (tertiary/aromatic N) is 5. The summed E-state index contributed by atoms with van der Waals surface area (Å²) in [7, 11) is 1.59. The Morgan fingerprint density at radius 3 is 2.43 bits per heavy atom. The maximum absolute atomic E-state index is 14.2. The van der Waals surface area contributed by atoms with Crippen LogP contribution in [0, 0.1) is 5.82 Å². The third-order valence-corrected chi connectivity index (χ3v) is 3.85. The standard InChI is InChI=1S/C18H17F4N5O/c1-11(2)28-16-9-8-12(27-17(18(20,21)22)23-24-25-27)10-15(16)26(3)14-7-5-4-6-13(14)19/h4-11H,1-3H3. The molecule has 0 aliphatic rings. The van der Waals surface area contributed by atoms with Gasteiger partial charge >= 0.3 is 6.18 Å².